The number of aromatic amines is 1. The fourth-order valence-electron chi connectivity index (χ4n) is 4.28. The molecule has 28 heavy (non-hydrogen) atoms. The zero-order valence-corrected chi connectivity index (χ0v) is 16.3. The summed E-state index contributed by atoms with van der Waals surface area (Å²) in [5.74, 6) is 0. The zero-order chi connectivity index (χ0) is 19.5. The molecule has 5 heteroatoms. The predicted octanol–water partition coefficient (Wildman–Crippen LogP) is 4.17. The minimum Gasteiger partial charge on any atom is -0.357 e. The lowest BCUT2D eigenvalue weighted by Crippen LogP contribution is -2.44. The predicted molar refractivity (Wildman–Crippen MR) is 109 cm³/mol. The lowest BCUT2D eigenvalue weighted by molar-refractivity contribution is -0.120. The van der Waals surface area contributed by atoms with E-state index in [1.54, 1.807) is 14.2 Å². The molecule has 0 saturated heterocycles. The van der Waals surface area contributed by atoms with Gasteiger partial charge in [-0.3, -0.25) is 4.90 Å². The first-order chi connectivity index (χ1) is 13.7. The van der Waals surface area contributed by atoms with Crippen molar-refractivity contribution in [1.82, 2.24) is 9.88 Å². The minimum absolute atomic E-state index is 0.00547. The standard InChI is InChI=1S/C23H25N3O2/c1-27-22(28-2)13-21-23-19(18-10-6-7-11-20(18)25-23)12-17(14-24)26(21)15-16-8-4-3-5-9-16/h3-11,17,21-22,25H,12-13,15H2,1-2H3/t17-,21-/m0/s1. The molecule has 0 radical (unpaired) electrons. The summed E-state index contributed by atoms with van der Waals surface area (Å²) in [6, 6.07) is 21.0. The van der Waals surface area contributed by atoms with Crippen LogP contribution in [0.2, 0.25) is 0 Å². The summed E-state index contributed by atoms with van der Waals surface area (Å²) in [5, 5.41) is 11.2. The maximum atomic E-state index is 9.98. The molecule has 2 atom stereocenters. The van der Waals surface area contributed by atoms with Gasteiger partial charge in [0.25, 0.3) is 0 Å². The summed E-state index contributed by atoms with van der Waals surface area (Å²) in [7, 11) is 3.32. The van der Waals surface area contributed by atoms with Gasteiger partial charge in [0.05, 0.1) is 12.1 Å². The number of rotatable bonds is 6. The molecule has 4 rings (SSSR count). The first kappa shape index (κ1) is 18.7. The van der Waals surface area contributed by atoms with Gasteiger partial charge in [-0.1, -0.05) is 48.5 Å². The fourth-order valence-corrected chi connectivity index (χ4v) is 4.28. The van der Waals surface area contributed by atoms with E-state index in [2.05, 4.69) is 46.3 Å². The Bertz CT molecular complexity index is 972. The average molecular weight is 375 g/mol. The second-order valence-corrected chi connectivity index (χ2v) is 7.22. The third kappa shape index (κ3) is 3.43. The van der Waals surface area contributed by atoms with E-state index in [0.717, 1.165) is 5.52 Å². The van der Waals surface area contributed by atoms with Crippen molar-refractivity contribution >= 4 is 10.9 Å². The molecule has 1 N–H and O–H groups in total. The summed E-state index contributed by atoms with van der Waals surface area (Å²) in [5.41, 5.74) is 4.71. The van der Waals surface area contributed by atoms with E-state index in [4.69, 9.17) is 9.47 Å². The van der Waals surface area contributed by atoms with Crippen LogP contribution in [0.5, 0.6) is 0 Å². The van der Waals surface area contributed by atoms with Crippen LogP contribution in [-0.2, 0) is 22.4 Å². The molecule has 5 nitrogen and oxygen atoms in total. The Labute approximate surface area is 165 Å². The van der Waals surface area contributed by atoms with Gasteiger partial charge in [0.1, 0.15) is 6.04 Å². The van der Waals surface area contributed by atoms with Crippen molar-refractivity contribution < 1.29 is 9.47 Å². The third-order valence-electron chi connectivity index (χ3n) is 5.68. The number of aromatic nitrogens is 1. The number of H-pyrrole nitrogens is 1. The SMILES string of the molecule is COC(C[C@H]1c2[nH]c3ccccc3c2C[C@@H](C#N)N1Cc1ccccc1)OC. The van der Waals surface area contributed by atoms with Gasteiger partial charge in [-0.05, 0) is 17.2 Å². The number of nitriles is 1. The topological polar surface area (TPSA) is 61.3 Å². The van der Waals surface area contributed by atoms with Crippen molar-refractivity contribution in [3.05, 3.63) is 71.4 Å². The van der Waals surface area contributed by atoms with Crippen molar-refractivity contribution in [1.29, 1.82) is 5.26 Å². The first-order valence-corrected chi connectivity index (χ1v) is 9.59. The van der Waals surface area contributed by atoms with Crippen LogP contribution in [-0.4, -0.2) is 36.4 Å². The van der Waals surface area contributed by atoms with Crippen molar-refractivity contribution in [3.63, 3.8) is 0 Å². The van der Waals surface area contributed by atoms with Gasteiger partial charge in [-0.25, -0.2) is 0 Å². The van der Waals surface area contributed by atoms with Gasteiger partial charge in [0.15, 0.2) is 6.29 Å². The molecule has 3 aromatic rings. The summed E-state index contributed by atoms with van der Waals surface area (Å²) < 4.78 is 11.0. The number of nitrogens with one attached hydrogen (secondary N) is 1. The first-order valence-electron chi connectivity index (χ1n) is 9.59. The van der Waals surface area contributed by atoms with Crippen LogP contribution in [0.25, 0.3) is 10.9 Å². The molecule has 0 aliphatic carbocycles. The maximum absolute atomic E-state index is 9.98. The summed E-state index contributed by atoms with van der Waals surface area (Å²) >= 11 is 0. The molecule has 1 aliphatic rings. The van der Waals surface area contributed by atoms with Crippen molar-refractivity contribution in [2.45, 2.75) is 37.8 Å². The lowest BCUT2D eigenvalue weighted by Gasteiger charge is -2.40. The summed E-state index contributed by atoms with van der Waals surface area (Å²) in [4.78, 5) is 5.89. The number of benzene rings is 2. The van der Waals surface area contributed by atoms with Gasteiger partial charge in [-0.2, -0.15) is 5.26 Å². The Morgan fingerprint density at radius 3 is 2.54 bits per heavy atom. The molecule has 0 saturated carbocycles. The molecule has 1 aliphatic heterocycles. The fraction of sp³-hybridized carbons (Fsp3) is 0.348. The summed E-state index contributed by atoms with van der Waals surface area (Å²) in [6.07, 6.45) is 1.03. The number of methoxy groups -OCH3 is 2. The quantitative estimate of drug-likeness (QED) is 0.657. The maximum Gasteiger partial charge on any atom is 0.158 e. The highest BCUT2D eigenvalue weighted by Gasteiger charge is 2.38. The molecule has 1 aromatic heterocycles. The van der Waals surface area contributed by atoms with Crippen molar-refractivity contribution in [2.24, 2.45) is 0 Å². The molecular weight excluding hydrogens is 350 g/mol. The van der Waals surface area contributed by atoms with Gasteiger partial charge in [0, 0.05) is 50.2 Å². The Morgan fingerprint density at radius 2 is 1.82 bits per heavy atom. The van der Waals surface area contributed by atoms with Crippen LogP contribution in [0.3, 0.4) is 0 Å². The Balaban J connectivity index is 1.79. The van der Waals surface area contributed by atoms with Gasteiger partial charge in [0.2, 0.25) is 0 Å². The second-order valence-electron chi connectivity index (χ2n) is 7.22. The van der Waals surface area contributed by atoms with Crippen LogP contribution in [0, 0.1) is 11.3 Å². The molecule has 0 spiro atoms. The number of para-hydroxylation sites is 1. The van der Waals surface area contributed by atoms with Gasteiger partial charge in [-0.15, -0.1) is 0 Å². The zero-order valence-electron chi connectivity index (χ0n) is 16.3. The number of hydrogen-bond donors (Lipinski definition) is 1. The molecule has 2 aromatic carbocycles. The van der Waals surface area contributed by atoms with E-state index >= 15 is 0 Å². The van der Waals surface area contributed by atoms with E-state index in [1.807, 2.05) is 24.3 Å². The Morgan fingerprint density at radius 1 is 1.11 bits per heavy atom. The van der Waals surface area contributed by atoms with Crippen LogP contribution in [0.1, 0.15) is 29.3 Å². The number of fused-ring (bicyclic) bond motifs is 3. The smallest absolute Gasteiger partial charge is 0.158 e. The number of nitrogens with zero attached hydrogens (tertiary/aromatic N) is 2. The molecule has 0 fully saturated rings. The van der Waals surface area contributed by atoms with Gasteiger partial charge < -0.3 is 14.5 Å². The molecule has 0 unspecified atom stereocenters. The highest BCUT2D eigenvalue weighted by atomic mass is 16.7. The van der Waals surface area contributed by atoms with E-state index in [9.17, 15) is 5.26 Å². The van der Waals surface area contributed by atoms with Crippen molar-refractivity contribution in [3.8, 4) is 6.07 Å². The van der Waals surface area contributed by atoms with E-state index < -0.39 is 0 Å². The van der Waals surface area contributed by atoms with Crippen LogP contribution >= 0.6 is 0 Å². The second kappa shape index (κ2) is 8.15. The van der Waals surface area contributed by atoms with E-state index in [1.165, 1.54) is 22.2 Å². The highest BCUT2D eigenvalue weighted by Crippen LogP contribution is 2.40. The van der Waals surface area contributed by atoms with E-state index in [-0.39, 0.29) is 18.4 Å². The molecular formula is C23H25N3O2. The summed E-state index contributed by atoms with van der Waals surface area (Å²) in [6.45, 7) is 0.707. The molecule has 144 valence electrons. The van der Waals surface area contributed by atoms with Crippen LogP contribution < -0.4 is 0 Å². The molecule has 0 amide bonds. The Hall–Kier alpha value is -2.65. The van der Waals surface area contributed by atoms with Crippen LogP contribution in [0.15, 0.2) is 54.6 Å². The average Bonchev–Trinajstić information content (AvgIpc) is 3.12. The lowest BCUT2D eigenvalue weighted by atomic mass is 9.90. The van der Waals surface area contributed by atoms with Crippen LogP contribution in [0.4, 0.5) is 0 Å². The third-order valence-corrected chi connectivity index (χ3v) is 5.68. The van der Waals surface area contributed by atoms with Gasteiger partial charge >= 0.3 is 0 Å². The number of ether oxygens (including phenoxy) is 2. The number of hydrogen-bond acceptors (Lipinski definition) is 4. The Kier molecular flexibility index (Phi) is 5.45. The normalized spacial score (nSPS) is 19.6. The van der Waals surface area contributed by atoms with E-state index in [0.29, 0.717) is 19.4 Å². The largest absolute Gasteiger partial charge is 0.357 e. The monoisotopic (exact) mass is 375 g/mol. The molecule has 0 bridgehead atoms. The molecule has 2 heterocycles. The highest BCUT2D eigenvalue weighted by molar-refractivity contribution is 5.85. The minimum atomic E-state index is -0.333. The van der Waals surface area contributed by atoms with Crippen molar-refractivity contribution in [2.75, 3.05) is 14.2 Å².